The number of rotatable bonds is 2. The molecule has 0 N–H and O–H groups in total. The van der Waals surface area contributed by atoms with Gasteiger partial charge in [0.15, 0.2) is 11.4 Å². The van der Waals surface area contributed by atoms with E-state index in [4.69, 9.17) is 30.0 Å². The summed E-state index contributed by atoms with van der Waals surface area (Å²) < 4.78 is 19.8. The molecule has 4 aromatic heterocycles. The Morgan fingerprint density at radius 3 is 0.945 bits per heavy atom. The Morgan fingerprint density at radius 1 is 0.218 bits per heavy atom. The standard InChI is InChI=1S/2C48H25N7/c1-2-12-26(13-3-1)39-40-31-18-8-9-19-32(31)42-49-46-37-24-29-16-6-7-17-30(29)25-38(37)47-51-44-34-21-11-10-20-33(34)43-50-45-36-23-28-15-5-4-14-27(28)22-35(36)41(39)53(45)48(52(40)42,54(43)44)55(46)47;1-2-12-26(13-3-1)39-40-31-18-8-9-19-32(31)42-49-43-33-20-10-11-21-34(33)44-50-46-37-24-29-16-6-7-17-30(29)25-38(37)47-51-45-36-23-28-15-5-4-14-27(28)22-35(36)41(39)53(45)48(52(40)42,54(43)44)55(46)47/h2*1-25H/q2*+2. The van der Waals surface area contributed by atoms with Gasteiger partial charge in [-0.15, -0.1) is 18.3 Å². The monoisotopic (exact) mass is 1400 g/mol. The van der Waals surface area contributed by atoms with Crippen molar-refractivity contribution in [3.8, 4) is 0 Å². The fourth-order valence-corrected chi connectivity index (χ4v) is 21.1. The molecule has 0 fully saturated rings. The zero-order valence-corrected chi connectivity index (χ0v) is 58.1. The van der Waals surface area contributed by atoms with Crippen LogP contribution in [0.1, 0.15) is 55.6 Å². The van der Waals surface area contributed by atoms with Gasteiger partial charge in [0.1, 0.15) is 0 Å². The molecule has 2 unspecified atom stereocenters. The summed E-state index contributed by atoms with van der Waals surface area (Å²) in [7, 11) is 0. The molecule has 18 aromatic rings. The van der Waals surface area contributed by atoms with Gasteiger partial charge in [0.25, 0.3) is 35.0 Å². The van der Waals surface area contributed by atoms with Crippen LogP contribution in [0.2, 0.25) is 0 Å². The second-order valence-electron chi connectivity index (χ2n) is 30.5. The lowest BCUT2D eigenvalue weighted by molar-refractivity contribution is -0.789. The number of fused-ring (bicyclic) bond motifs is 28. The van der Waals surface area contributed by atoms with Crippen LogP contribution in [0.4, 0.5) is 23.3 Å². The molecule has 0 amide bonds. The molecule has 14 heteroatoms. The van der Waals surface area contributed by atoms with Crippen LogP contribution in [0.5, 0.6) is 0 Å². The first kappa shape index (κ1) is 55.5. The van der Waals surface area contributed by atoms with Crippen molar-refractivity contribution in [2.75, 3.05) is 0 Å². The van der Waals surface area contributed by atoms with Crippen LogP contribution in [-0.4, -0.2) is 83.0 Å². The first-order valence-electron chi connectivity index (χ1n) is 37.6. The lowest BCUT2D eigenvalue weighted by Gasteiger charge is -2.41. The topological polar surface area (TPSA) is 106 Å². The Labute approximate surface area is 622 Å². The van der Waals surface area contributed by atoms with Crippen LogP contribution in [0.15, 0.2) is 333 Å². The van der Waals surface area contributed by atoms with Gasteiger partial charge < -0.3 is 0 Å². The maximum Gasteiger partial charge on any atom is 0.423 e. The molecule has 12 aliphatic rings. The summed E-state index contributed by atoms with van der Waals surface area (Å²) >= 11 is 0. The van der Waals surface area contributed by atoms with E-state index in [1.54, 1.807) is 0 Å². The van der Waals surface area contributed by atoms with Gasteiger partial charge in [-0.25, -0.2) is 9.13 Å². The SMILES string of the molecule is c1ccc(C2=c3c4cc5ccccc5cc4c4n3C35n6c(c7cc8ccccc8cc7c6N=C6c7ccccc7C2=[N+]63)N=C2c3ccccc3C(=[N+]25)N=4)cc1.c1ccc(C2=c3c4cc5ccccc5cc4c4n3C35n6c(c7ccccc7c6N=C6c7ccccc7C2=[N+]63)N=C2c3cc6ccccc6cc3C(=[N+]25)N=4)cc1. The van der Waals surface area contributed by atoms with Crippen LogP contribution < -0.4 is 21.7 Å². The van der Waals surface area contributed by atoms with Crippen LogP contribution in [-0.2, 0) is 11.8 Å². The molecule has 0 aliphatic carbocycles. The van der Waals surface area contributed by atoms with Crippen LogP contribution >= 0.6 is 0 Å². The van der Waals surface area contributed by atoms with E-state index >= 15 is 0 Å². The summed E-state index contributed by atoms with van der Waals surface area (Å²) in [6, 6.07) is 110. The lowest BCUT2D eigenvalue weighted by Crippen LogP contribution is -2.72. The Bertz CT molecular complexity index is 8330. The van der Waals surface area contributed by atoms with Crippen molar-refractivity contribution in [3.05, 3.63) is 381 Å². The van der Waals surface area contributed by atoms with Gasteiger partial charge in [0.2, 0.25) is 22.6 Å². The Morgan fingerprint density at radius 2 is 0.518 bits per heavy atom. The molecule has 14 nitrogen and oxygen atoms in total. The van der Waals surface area contributed by atoms with Gasteiger partial charge in [-0.3, -0.25) is 0 Å². The predicted octanol–water partition coefficient (Wildman–Crippen LogP) is 15.3. The van der Waals surface area contributed by atoms with E-state index in [1.165, 1.54) is 76.1 Å². The van der Waals surface area contributed by atoms with Crippen LogP contribution in [0, 0.1) is 0 Å². The third kappa shape index (κ3) is 6.04. The number of benzene rings is 14. The van der Waals surface area contributed by atoms with Gasteiger partial charge in [0, 0.05) is 43.4 Å². The lowest BCUT2D eigenvalue weighted by atomic mass is 9.92. The number of hydrogen-bond donors (Lipinski definition) is 0. The van der Waals surface area contributed by atoms with Crippen molar-refractivity contribution < 1.29 is 18.3 Å². The fraction of sp³-hybridized carbons (Fsp3) is 0.0208. The summed E-state index contributed by atoms with van der Waals surface area (Å²) in [5.74, 6) is 7.07. The van der Waals surface area contributed by atoms with Crippen LogP contribution in [0.3, 0.4) is 0 Å². The van der Waals surface area contributed by atoms with Crippen molar-refractivity contribution in [1.82, 2.24) is 18.3 Å². The number of amidine groups is 6. The average molecular weight is 1400 g/mol. The molecule has 0 saturated carbocycles. The molecule has 0 radical (unpaired) electrons. The maximum atomic E-state index is 5.81. The molecule has 12 aliphatic heterocycles. The van der Waals surface area contributed by atoms with Crippen molar-refractivity contribution in [2.45, 2.75) is 11.8 Å². The zero-order valence-electron chi connectivity index (χ0n) is 58.1. The van der Waals surface area contributed by atoms with Crippen molar-refractivity contribution >= 4 is 167 Å². The normalized spacial score (nSPS) is 18.8. The average Bonchev–Trinajstić information content (AvgIpc) is 1.45. The van der Waals surface area contributed by atoms with E-state index in [-0.39, 0.29) is 0 Å². The summed E-state index contributed by atoms with van der Waals surface area (Å²) in [4.78, 5) is 34.3. The number of aromatic nitrogens is 4. The quantitative estimate of drug-likeness (QED) is 0.154. The molecule has 16 heterocycles. The Hall–Kier alpha value is -15.0. The van der Waals surface area contributed by atoms with E-state index in [9.17, 15) is 0 Å². The molecule has 0 bridgehead atoms. The Kier molecular flexibility index (Phi) is 9.38. The minimum Gasteiger partial charge on any atom is -0.216 e. The second kappa shape index (κ2) is 18.6. The highest BCUT2D eigenvalue weighted by Crippen LogP contribution is 2.57. The first-order chi connectivity index (χ1) is 54.6. The molecular formula is C96H50N14+4. The van der Waals surface area contributed by atoms with E-state index in [0.29, 0.717) is 0 Å². The molecule has 14 aromatic carbocycles. The summed E-state index contributed by atoms with van der Waals surface area (Å²) in [5, 5.41) is 20.8. The maximum absolute atomic E-state index is 5.81. The highest BCUT2D eigenvalue weighted by atomic mass is 15.7. The minimum atomic E-state index is -1.01. The van der Waals surface area contributed by atoms with Gasteiger partial charge in [-0.05, 0) is 161 Å². The van der Waals surface area contributed by atoms with E-state index in [2.05, 4.69) is 340 Å². The van der Waals surface area contributed by atoms with E-state index in [1.807, 2.05) is 0 Å². The number of hydrogen-bond acceptors (Lipinski definition) is 6. The van der Waals surface area contributed by atoms with Gasteiger partial charge in [0.05, 0.1) is 66.0 Å². The highest BCUT2D eigenvalue weighted by molar-refractivity contribution is 6.38. The third-order valence-corrected chi connectivity index (χ3v) is 25.3. The summed E-state index contributed by atoms with van der Waals surface area (Å²) in [6.07, 6.45) is 0. The van der Waals surface area contributed by atoms with Crippen LogP contribution in [0.25, 0.3) is 97.3 Å². The largest absolute Gasteiger partial charge is 0.423 e. The van der Waals surface area contributed by atoms with E-state index in [0.717, 1.165) is 168 Å². The molecule has 30 rings (SSSR count). The summed E-state index contributed by atoms with van der Waals surface area (Å²) in [5.41, 5.74) is 17.7. The van der Waals surface area contributed by atoms with Gasteiger partial charge in [-0.1, -0.05) is 226 Å². The first-order valence-corrected chi connectivity index (χ1v) is 37.6. The van der Waals surface area contributed by atoms with Gasteiger partial charge in [-0.2, -0.15) is 9.13 Å². The van der Waals surface area contributed by atoms with Crippen molar-refractivity contribution in [1.29, 1.82) is 0 Å². The minimum absolute atomic E-state index is 0.903. The molecule has 2 spiro atoms. The fourth-order valence-electron chi connectivity index (χ4n) is 21.1. The third-order valence-electron chi connectivity index (χ3n) is 25.3. The smallest absolute Gasteiger partial charge is 0.216 e. The van der Waals surface area contributed by atoms with Crippen molar-refractivity contribution in [3.63, 3.8) is 0 Å². The highest BCUT2D eigenvalue weighted by Gasteiger charge is 2.73. The van der Waals surface area contributed by atoms with Gasteiger partial charge >= 0.3 is 23.5 Å². The number of nitrogens with zero attached hydrogens (tertiary/aromatic N) is 14. The molecule has 500 valence electrons. The van der Waals surface area contributed by atoms with E-state index < -0.39 is 11.8 Å². The number of aliphatic imine (C=N–C) groups is 4. The zero-order chi connectivity index (χ0) is 70.6. The second-order valence-corrected chi connectivity index (χ2v) is 30.5. The van der Waals surface area contributed by atoms with Crippen molar-refractivity contribution in [2.24, 2.45) is 30.0 Å². The molecule has 2 atom stereocenters. The Balaban J connectivity index is 0.000000115. The molecule has 0 saturated heterocycles. The molecular weight excluding hydrogens is 1350 g/mol. The molecule has 110 heavy (non-hydrogen) atoms. The summed E-state index contributed by atoms with van der Waals surface area (Å²) in [6.45, 7) is 0. The predicted molar refractivity (Wildman–Crippen MR) is 432 cm³/mol.